The summed E-state index contributed by atoms with van der Waals surface area (Å²) in [4.78, 5) is 11.9. The average molecular weight is 317 g/mol. The number of benzene rings is 1. The summed E-state index contributed by atoms with van der Waals surface area (Å²) in [6.45, 7) is 2.19. The Morgan fingerprint density at radius 2 is 2.23 bits per heavy atom. The molecule has 0 spiro atoms. The van der Waals surface area contributed by atoms with Crippen molar-refractivity contribution in [1.82, 2.24) is 15.1 Å². The Morgan fingerprint density at radius 3 is 2.91 bits per heavy atom. The molecule has 2 aliphatic rings. The van der Waals surface area contributed by atoms with E-state index >= 15 is 0 Å². The van der Waals surface area contributed by atoms with Gasteiger partial charge >= 0.3 is 0 Å². The number of fused-ring (bicyclic) bond motifs is 1. The molecule has 1 amide bonds. The summed E-state index contributed by atoms with van der Waals surface area (Å²) in [5.74, 6) is 0.152. The van der Waals surface area contributed by atoms with Crippen LogP contribution < -0.4 is 11.1 Å². The number of halogens is 1. The Balaban J connectivity index is 1.83. The standard InChI is InChI=1S/C16H17ClN4O/c17-12-7-10(3-4-11(12)9-1-2-9)15-14(16(18)22)13-8-19-5-6-21(13)20-15/h3-4,7,9,19H,1-2,5-6,8H2,(H2,18,22). The van der Waals surface area contributed by atoms with Gasteiger partial charge in [-0.3, -0.25) is 9.48 Å². The molecule has 1 aromatic heterocycles. The molecule has 1 fully saturated rings. The second kappa shape index (κ2) is 5.11. The molecule has 114 valence electrons. The van der Waals surface area contributed by atoms with Crippen molar-refractivity contribution < 1.29 is 4.79 Å². The predicted molar refractivity (Wildman–Crippen MR) is 84.9 cm³/mol. The first-order chi connectivity index (χ1) is 10.6. The molecule has 0 unspecified atom stereocenters. The van der Waals surface area contributed by atoms with Crippen LogP contribution >= 0.6 is 11.6 Å². The third kappa shape index (κ3) is 2.21. The quantitative estimate of drug-likeness (QED) is 0.912. The number of carbonyl (C=O) groups is 1. The number of rotatable bonds is 3. The van der Waals surface area contributed by atoms with Gasteiger partial charge in [0.25, 0.3) is 5.91 Å². The van der Waals surface area contributed by atoms with Gasteiger partial charge in [-0.25, -0.2) is 0 Å². The van der Waals surface area contributed by atoms with Gasteiger partial charge < -0.3 is 11.1 Å². The van der Waals surface area contributed by atoms with Crippen LogP contribution in [0.2, 0.25) is 5.02 Å². The SMILES string of the molecule is NC(=O)c1c(-c2ccc(C3CC3)c(Cl)c2)nn2c1CNCC2. The molecule has 2 heterocycles. The van der Waals surface area contributed by atoms with Gasteiger partial charge in [-0.1, -0.05) is 23.7 Å². The van der Waals surface area contributed by atoms with E-state index in [1.807, 2.05) is 16.8 Å². The number of carbonyl (C=O) groups excluding carboxylic acids is 1. The first-order valence-electron chi connectivity index (χ1n) is 7.55. The highest BCUT2D eigenvalue weighted by atomic mass is 35.5. The number of nitrogens with one attached hydrogen (secondary N) is 1. The maximum absolute atomic E-state index is 11.9. The lowest BCUT2D eigenvalue weighted by atomic mass is 10.0. The van der Waals surface area contributed by atoms with Crippen molar-refractivity contribution in [2.75, 3.05) is 6.54 Å². The lowest BCUT2D eigenvalue weighted by Gasteiger charge is -2.15. The molecular formula is C16H17ClN4O. The van der Waals surface area contributed by atoms with Crippen LogP contribution in [-0.4, -0.2) is 22.2 Å². The van der Waals surface area contributed by atoms with Gasteiger partial charge in [0, 0.05) is 23.7 Å². The van der Waals surface area contributed by atoms with E-state index in [-0.39, 0.29) is 0 Å². The Morgan fingerprint density at radius 1 is 1.41 bits per heavy atom. The summed E-state index contributed by atoms with van der Waals surface area (Å²) in [5.41, 5.74) is 9.63. The molecule has 0 radical (unpaired) electrons. The monoisotopic (exact) mass is 316 g/mol. The Labute approximate surface area is 133 Å². The Kier molecular flexibility index (Phi) is 3.20. The van der Waals surface area contributed by atoms with Crippen molar-refractivity contribution in [2.45, 2.75) is 31.8 Å². The normalized spacial score (nSPS) is 17.3. The molecule has 0 bridgehead atoms. The minimum Gasteiger partial charge on any atom is -0.365 e. The summed E-state index contributed by atoms with van der Waals surface area (Å²) >= 11 is 6.41. The van der Waals surface area contributed by atoms with E-state index in [2.05, 4.69) is 16.5 Å². The first kappa shape index (κ1) is 13.8. The fraction of sp³-hybridized carbons (Fsp3) is 0.375. The first-order valence-corrected chi connectivity index (χ1v) is 7.93. The average Bonchev–Trinajstić information content (AvgIpc) is 3.25. The van der Waals surface area contributed by atoms with Gasteiger partial charge in [0.15, 0.2) is 0 Å². The van der Waals surface area contributed by atoms with Gasteiger partial charge in [0.05, 0.1) is 17.8 Å². The van der Waals surface area contributed by atoms with Crippen molar-refractivity contribution in [1.29, 1.82) is 0 Å². The molecule has 3 N–H and O–H groups in total. The van der Waals surface area contributed by atoms with E-state index in [1.54, 1.807) is 0 Å². The smallest absolute Gasteiger partial charge is 0.252 e. The summed E-state index contributed by atoms with van der Waals surface area (Å²) in [6, 6.07) is 5.95. The highest BCUT2D eigenvalue weighted by molar-refractivity contribution is 6.31. The maximum Gasteiger partial charge on any atom is 0.252 e. The van der Waals surface area contributed by atoms with Crippen molar-refractivity contribution in [2.24, 2.45) is 5.73 Å². The number of amides is 1. The number of hydrogen-bond donors (Lipinski definition) is 2. The van der Waals surface area contributed by atoms with Crippen LogP contribution in [0.5, 0.6) is 0 Å². The fourth-order valence-electron chi connectivity index (χ4n) is 3.11. The molecule has 5 nitrogen and oxygen atoms in total. The second-order valence-corrected chi connectivity index (χ2v) is 6.35. The van der Waals surface area contributed by atoms with Gasteiger partial charge in [-0.05, 0) is 30.4 Å². The molecule has 4 rings (SSSR count). The topological polar surface area (TPSA) is 72.9 Å². The lowest BCUT2D eigenvalue weighted by Crippen LogP contribution is -2.30. The van der Waals surface area contributed by atoms with E-state index < -0.39 is 5.91 Å². The van der Waals surface area contributed by atoms with Crippen LogP contribution in [0.25, 0.3) is 11.3 Å². The zero-order valence-corrected chi connectivity index (χ0v) is 12.9. The largest absolute Gasteiger partial charge is 0.365 e. The molecule has 1 aliphatic heterocycles. The van der Waals surface area contributed by atoms with Crippen LogP contribution in [0.3, 0.4) is 0 Å². The van der Waals surface area contributed by atoms with E-state index in [4.69, 9.17) is 17.3 Å². The molecule has 22 heavy (non-hydrogen) atoms. The van der Waals surface area contributed by atoms with Gasteiger partial charge in [0.1, 0.15) is 5.69 Å². The third-order valence-electron chi connectivity index (χ3n) is 4.39. The predicted octanol–water partition coefficient (Wildman–Crippen LogP) is 2.28. The fourth-order valence-corrected chi connectivity index (χ4v) is 3.45. The summed E-state index contributed by atoms with van der Waals surface area (Å²) < 4.78 is 1.87. The minimum atomic E-state index is -0.442. The molecule has 0 atom stereocenters. The number of aromatic nitrogens is 2. The van der Waals surface area contributed by atoms with Crippen LogP contribution in [0.4, 0.5) is 0 Å². The van der Waals surface area contributed by atoms with E-state index in [0.29, 0.717) is 23.7 Å². The van der Waals surface area contributed by atoms with Gasteiger partial charge in [-0.15, -0.1) is 0 Å². The third-order valence-corrected chi connectivity index (χ3v) is 4.72. The molecule has 1 aromatic carbocycles. The van der Waals surface area contributed by atoms with Gasteiger partial charge in [0.2, 0.25) is 0 Å². The van der Waals surface area contributed by atoms with E-state index in [1.165, 1.54) is 18.4 Å². The molecule has 1 saturated carbocycles. The van der Waals surface area contributed by atoms with Crippen molar-refractivity contribution in [3.8, 4) is 11.3 Å². The lowest BCUT2D eigenvalue weighted by molar-refractivity contribution is 0.0999. The van der Waals surface area contributed by atoms with Crippen molar-refractivity contribution in [3.63, 3.8) is 0 Å². The zero-order chi connectivity index (χ0) is 15.3. The van der Waals surface area contributed by atoms with Gasteiger partial charge in [-0.2, -0.15) is 5.10 Å². The molecule has 0 saturated heterocycles. The number of hydrogen-bond acceptors (Lipinski definition) is 3. The molecule has 6 heteroatoms. The van der Waals surface area contributed by atoms with E-state index in [0.717, 1.165) is 29.4 Å². The van der Waals surface area contributed by atoms with Crippen molar-refractivity contribution in [3.05, 3.63) is 40.0 Å². The molecular weight excluding hydrogens is 300 g/mol. The molecule has 2 aromatic rings. The number of nitrogens with two attached hydrogens (primary N) is 1. The maximum atomic E-state index is 11.9. The molecule has 1 aliphatic carbocycles. The van der Waals surface area contributed by atoms with Crippen molar-refractivity contribution >= 4 is 17.5 Å². The Bertz CT molecular complexity index is 764. The second-order valence-electron chi connectivity index (χ2n) is 5.95. The van der Waals surface area contributed by atoms with Crippen LogP contribution in [-0.2, 0) is 13.1 Å². The van der Waals surface area contributed by atoms with E-state index in [9.17, 15) is 4.79 Å². The summed E-state index contributed by atoms with van der Waals surface area (Å²) in [6.07, 6.45) is 2.41. The minimum absolute atomic E-state index is 0.442. The van der Waals surface area contributed by atoms with Crippen LogP contribution in [0.15, 0.2) is 18.2 Å². The number of nitrogens with zero attached hydrogens (tertiary/aromatic N) is 2. The number of primary amides is 1. The highest BCUT2D eigenvalue weighted by Gasteiger charge is 2.28. The summed E-state index contributed by atoms with van der Waals surface area (Å²) in [5, 5.41) is 8.59. The summed E-state index contributed by atoms with van der Waals surface area (Å²) in [7, 11) is 0. The highest BCUT2D eigenvalue weighted by Crippen LogP contribution is 2.44. The Hall–Kier alpha value is -1.85. The van der Waals surface area contributed by atoms with Crippen LogP contribution in [0.1, 0.15) is 40.4 Å². The van der Waals surface area contributed by atoms with Crippen LogP contribution in [0, 0.1) is 0 Å². The zero-order valence-electron chi connectivity index (χ0n) is 12.1.